The maximum atomic E-state index is 12.4. The van der Waals surface area contributed by atoms with E-state index in [2.05, 4.69) is 0 Å². The summed E-state index contributed by atoms with van der Waals surface area (Å²) in [4.78, 5) is 24.9. The number of ether oxygens (including phenoxy) is 2. The number of likely N-dealkylation sites (tertiary alicyclic amines) is 1. The number of carboxylic acid groups (broad SMARTS) is 1. The minimum atomic E-state index is -1.73. The van der Waals surface area contributed by atoms with Gasteiger partial charge in [0.15, 0.2) is 17.1 Å². The molecule has 1 saturated heterocycles. The van der Waals surface area contributed by atoms with Crippen LogP contribution < -0.4 is 9.47 Å². The largest absolute Gasteiger partial charge is 0.479 e. The van der Waals surface area contributed by atoms with Crippen LogP contribution in [-0.2, 0) is 4.79 Å². The standard InChI is InChI=1S/C14H15NO6/c16-12(9-1-2-10-11(7-9)21-8-20-10)15-5-3-14(19,4-6-15)13(17)18/h1-2,7,19H,3-6,8H2,(H,17,18). The number of hydrogen-bond donors (Lipinski definition) is 2. The number of carboxylic acids is 1. The van der Waals surface area contributed by atoms with Crippen LogP contribution in [0.4, 0.5) is 0 Å². The van der Waals surface area contributed by atoms with Crippen molar-refractivity contribution in [1.29, 1.82) is 0 Å². The first-order valence-electron chi connectivity index (χ1n) is 6.64. The van der Waals surface area contributed by atoms with Gasteiger partial charge in [-0.2, -0.15) is 0 Å². The molecule has 112 valence electrons. The summed E-state index contributed by atoms with van der Waals surface area (Å²) < 4.78 is 10.4. The lowest BCUT2D eigenvalue weighted by Gasteiger charge is -2.35. The average molecular weight is 293 g/mol. The number of hydrogen-bond acceptors (Lipinski definition) is 5. The number of nitrogens with zero attached hydrogens (tertiary/aromatic N) is 1. The summed E-state index contributed by atoms with van der Waals surface area (Å²) in [6, 6.07) is 4.93. The molecule has 0 bridgehead atoms. The third kappa shape index (κ3) is 2.40. The van der Waals surface area contributed by atoms with Crippen molar-refractivity contribution in [2.24, 2.45) is 0 Å². The van der Waals surface area contributed by atoms with E-state index in [4.69, 9.17) is 14.6 Å². The molecular formula is C14H15NO6. The van der Waals surface area contributed by atoms with Crippen LogP contribution in [0.1, 0.15) is 23.2 Å². The Hall–Kier alpha value is -2.28. The van der Waals surface area contributed by atoms with E-state index in [0.717, 1.165) is 0 Å². The predicted octanol–water partition coefficient (Wildman–Crippen LogP) is 0.467. The van der Waals surface area contributed by atoms with Gasteiger partial charge in [-0.1, -0.05) is 0 Å². The number of piperidine rings is 1. The Balaban J connectivity index is 1.71. The highest BCUT2D eigenvalue weighted by atomic mass is 16.7. The van der Waals surface area contributed by atoms with E-state index in [1.807, 2.05) is 0 Å². The predicted molar refractivity (Wildman–Crippen MR) is 70.3 cm³/mol. The normalized spacial score (nSPS) is 19.4. The molecule has 0 radical (unpaired) electrons. The van der Waals surface area contributed by atoms with Crippen molar-refractivity contribution in [2.75, 3.05) is 19.9 Å². The number of aliphatic carboxylic acids is 1. The van der Waals surface area contributed by atoms with E-state index in [1.165, 1.54) is 4.90 Å². The molecule has 1 aromatic carbocycles. The summed E-state index contributed by atoms with van der Waals surface area (Å²) in [6.45, 7) is 0.550. The molecule has 0 atom stereocenters. The number of benzene rings is 1. The molecule has 0 aromatic heterocycles. The smallest absolute Gasteiger partial charge is 0.335 e. The van der Waals surface area contributed by atoms with Gasteiger partial charge in [0.25, 0.3) is 5.91 Å². The molecule has 2 aliphatic heterocycles. The van der Waals surface area contributed by atoms with Gasteiger partial charge in [0, 0.05) is 31.5 Å². The lowest BCUT2D eigenvalue weighted by atomic mass is 9.91. The second kappa shape index (κ2) is 4.92. The van der Waals surface area contributed by atoms with Gasteiger partial charge in [0.05, 0.1) is 0 Å². The third-order valence-corrected chi connectivity index (χ3v) is 3.90. The summed E-state index contributed by atoms with van der Waals surface area (Å²) in [5.41, 5.74) is -1.27. The minimum absolute atomic E-state index is 0.0264. The number of aliphatic hydroxyl groups is 1. The Morgan fingerprint density at radius 2 is 1.81 bits per heavy atom. The molecule has 1 amide bonds. The van der Waals surface area contributed by atoms with Gasteiger partial charge in [-0.05, 0) is 18.2 Å². The minimum Gasteiger partial charge on any atom is -0.479 e. The van der Waals surface area contributed by atoms with E-state index in [0.29, 0.717) is 17.1 Å². The molecule has 2 heterocycles. The summed E-state index contributed by atoms with van der Waals surface area (Å²) in [5.74, 6) is -0.316. The van der Waals surface area contributed by atoms with Crippen molar-refractivity contribution in [3.8, 4) is 11.5 Å². The van der Waals surface area contributed by atoms with E-state index >= 15 is 0 Å². The van der Waals surface area contributed by atoms with Crippen LogP contribution in [0, 0.1) is 0 Å². The van der Waals surface area contributed by atoms with Crippen molar-refractivity contribution in [3.63, 3.8) is 0 Å². The molecule has 0 spiro atoms. The van der Waals surface area contributed by atoms with Crippen molar-refractivity contribution in [3.05, 3.63) is 23.8 Å². The van der Waals surface area contributed by atoms with Crippen molar-refractivity contribution < 1.29 is 29.3 Å². The summed E-state index contributed by atoms with van der Waals surface area (Å²) in [7, 11) is 0. The summed E-state index contributed by atoms with van der Waals surface area (Å²) in [5, 5.41) is 18.8. The number of amides is 1. The number of carbonyl (C=O) groups excluding carboxylic acids is 1. The zero-order valence-corrected chi connectivity index (χ0v) is 11.2. The molecule has 21 heavy (non-hydrogen) atoms. The second-order valence-corrected chi connectivity index (χ2v) is 5.20. The molecular weight excluding hydrogens is 278 g/mol. The molecule has 2 N–H and O–H groups in total. The van der Waals surface area contributed by atoms with Gasteiger partial charge in [-0.25, -0.2) is 4.79 Å². The molecule has 1 aromatic rings. The van der Waals surface area contributed by atoms with Crippen LogP contribution in [0.5, 0.6) is 11.5 Å². The first-order chi connectivity index (χ1) is 9.99. The van der Waals surface area contributed by atoms with Gasteiger partial charge in [0.2, 0.25) is 6.79 Å². The molecule has 7 nitrogen and oxygen atoms in total. The van der Waals surface area contributed by atoms with Crippen LogP contribution >= 0.6 is 0 Å². The highest BCUT2D eigenvalue weighted by Gasteiger charge is 2.40. The van der Waals surface area contributed by atoms with Gasteiger partial charge in [-0.15, -0.1) is 0 Å². The average Bonchev–Trinajstić information content (AvgIpc) is 2.94. The number of fused-ring (bicyclic) bond motifs is 1. The van der Waals surface area contributed by atoms with Crippen LogP contribution in [0.2, 0.25) is 0 Å². The maximum absolute atomic E-state index is 12.4. The molecule has 0 unspecified atom stereocenters. The van der Waals surface area contributed by atoms with Gasteiger partial charge >= 0.3 is 5.97 Å². The molecule has 1 fully saturated rings. The molecule has 7 heteroatoms. The topological polar surface area (TPSA) is 96.3 Å². The van der Waals surface area contributed by atoms with E-state index in [-0.39, 0.29) is 38.6 Å². The van der Waals surface area contributed by atoms with Crippen LogP contribution in [-0.4, -0.2) is 52.5 Å². The third-order valence-electron chi connectivity index (χ3n) is 3.90. The van der Waals surface area contributed by atoms with Gasteiger partial charge < -0.3 is 24.6 Å². The SMILES string of the molecule is O=C(c1ccc2c(c1)OCO2)N1CCC(O)(C(=O)O)CC1. The van der Waals surface area contributed by atoms with Gasteiger partial charge in [-0.3, -0.25) is 4.79 Å². The molecule has 3 rings (SSSR count). The van der Waals surface area contributed by atoms with Crippen LogP contribution in [0.15, 0.2) is 18.2 Å². The monoisotopic (exact) mass is 293 g/mol. The fourth-order valence-electron chi connectivity index (χ4n) is 2.51. The first-order valence-corrected chi connectivity index (χ1v) is 6.64. The maximum Gasteiger partial charge on any atom is 0.335 e. The fourth-order valence-corrected chi connectivity index (χ4v) is 2.51. The van der Waals surface area contributed by atoms with Crippen molar-refractivity contribution >= 4 is 11.9 Å². The molecule has 2 aliphatic rings. The Kier molecular flexibility index (Phi) is 3.21. The van der Waals surface area contributed by atoms with Crippen molar-refractivity contribution in [1.82, 2.24) is 4.90 Å². The van der Waals surface area contributed by atoms with Crippen LogP contribution in [0.3, 0.4) is 0 Å². The zero-order valence-electron chi connectivity index (χ0n) is 11.2. The fraction of sp³-hybridized carbons (Fsp3) is 0.429. The zero-order chi connectivity index (χ0) is 15.0. The molecule has 0 saturated carbocycles. The second-order valence-electron chi connectivity index (χ2n) is 5.20. The Morgan fingerprint density at radius 3 is 2.48 bits per heavy atom. The summed E-state index contributed by atoms with van der Waals surface area (Å²) >= 11 is 0. The highest BCUT2D eigenvalue weighted by Crippen LogP contribution is 2.33. The Morgan fingerprint density at radius 1 is 1.14 bits per heavy atom. The van der Waals surface area contributed by atoms with E-state index < -0.39 is 11.6 Å². The van der Waals surface area contributed by atoms with Crippen molar-refractivity contribution in [2.45, 2.75) is 18.4 Å². The Labute approximate surface area is 120 Å². The van der Waals surface area contributed by atoms with Gasteiger partial charge in [0.1, 0.15) is 0 Å². The Bertz CT molecular complexity index is 591. The lowest BCUT2D eigenvalue weighted by molar-refractivity contribution is -0.162. The summed E-state index contributed by atoms with van der Waals surface area (Å²) in [6.07, 6.45) is 0.0528. The lowest BCUT2D eigenvalue weighted by Crippen LogP contribution is -2.50. The number of rotatable bonds is 2. The van der Waals surface area contributed by atoms with Crippen LogP contribution in [0.25, 0.3) is 0 Å². The quantitative estimate of drug-likeness (QED) is 0.822. The van der Waals surface area contributed by atoms with E-state index in [1.54, 1.807) is 18.2 Å². The van der Waals surface area contributed by atoms with E-state index in [9.17, 15) is 14.7 Å². The first kappa shape index (κ1) is 13.7. The molecule has 0 aliphatic carbocycles. The highest BCUT2D eigenvalue weighted by molar-refractivity contribution is 5.95. The number of carbonyl (C=O) groups is 2.